The summed E-state index contributed by atoms with van der Waals surface area (Å²) in [4.78, 5) is 8.62. The Labute approximate surface area is 89.7 Å². The standard InChI is InChI=1S/C10H17N3S/c1-7-5-8(2)13-10(12-7)11-6-9(3)14-4/h5,9H,6H2,1-4H3,(H,11,12,13). The van der Waals surface area contributed by atoms with Crippen molar-refractivity contribution in [1.29, 1.82) is 0 Å². The Morgan fingerprint density at radius 2 is 1.93 bits per heavy atom. The fourth-order valence-corrected chi connectivity index (χ4v) is 1.37. The van der Waals surface area contributed by atoms with Crippen molar-refractivity contribution in [3.8, 4) is 0 Å². The van der Waals surface area contributed by atoms with Gasteiger partial charge in [-0.25, -0.2) is 9.97 Å². The Bertz CT molecular complexity index is 281. The maximum Gasteiger partial charge on any atom is 0.223 e. The van der Waals surface area contributed by atoms with Gasteiger partial charge in [0.1, 0.15) is 0 Å². The van der Waals surface area contributed by atoms with E-state index >= 15 is 0 Å². The quantitative estimate of drug-likeness (QED) is 0.829. The Morgan fingerprint density at radius 1 is 1.36 bits per heavy atom. The normalized spacial score (nSPS) is 12.6. The lowest BCUT2D eigenvalue weighted by atomic mass is 10.3. The highest BCUT2D eigenvalue weighted by molar-refractivity contribution is 7.99. The Kier molecular flexibility index (Phi) is 4.20. The zero-order valence-electron chi connectivity index (χ0n) is 9.16. The maximum atomic E-state index is 4.31. The number of aromatic nitrogens is 2. The third-order valence-corrected chi connectivity index (χ3v) is 2.90. The molecule has 0 radical (unpaired) electrons. The molecule has 1 heterocycles. The van der Waals surface area contributed by atoms with E-state index in [1.807, 2.05) is 31.7 Å². The van der Waals surface area contributed by atoms with Crippen LogP contribution in [0.5, 0.6) is 0 Å². The second-order valence-corrected chi connectivity index (χ2v) is 4.68. The summed E-state index contributed by atoms with van der Waals surface area (Å²) in [6.07, 6.45) is 2.11. The molecule has 1 aromatic rings. The number of thioether (sulfide) groups is 1. The molecular weight excluding hydrogens is 194 g/mol. The number of hydrogen-bond donors (Lipinski definition) is 1. The van der Waals surface area contributed by atoms with Gasteiger partial charge < -0.3 is 5.32 Å². The first-order chi connectivity index (χ1) is 6.61. The lowest BCUT2D eigenvalue weighted by Gasteiger charge is -2.10. The summed E-state index contributed by atoms with van der Waals surface area (Å²) in [6, 6.07) is 1.98. The average molecular weight is 211 g/mol. The van der Waals surface area contributed by atoms with Crippen molar-refractivity contribution >= 4 is 17.7 Å². The van der Waals surface area contributed by atoms with Crippen LogP contribution >= 0.6 is 11.8 Å². The van der Waals surface area contributed by atoms with Crippen LogP contribution in [0.1, 0.15) is 18.3 Å². The van der Waals surface area contributed by atoms with E-state index in [-0.39, 0.29) is 0 Å². The molecule has 0 spiro atoms. The van der Waals surface area contributed by atoms with Crippen LogP contribution in [0.3, 0.4) is 0 Å². The van der Waals surface area contributed by atoms with E-state index in [4.69, 9.17) is 0 Å². The van der Waals surface area contributed by atoms with Crippen LogP contribution in [0.15, 0.2) is 6.07 Å². The van der Waals surface area contributed by atoms with Crippen LogP contribution in [0.4, 0.5) is 5.95 Å². The molecule has 0 bridgehead atoms. The van der Waals surface area contributed by atoms with Gasteiger partial charge >= 0.3 is 0 Å². The molecule has 1 N–H and O–H groups in total. The summed E-state index contributed by atoms with van der Waals surface area (Å²) in [5.74, 6) is 0.739. The lowest BCUT2D eigenvalue weighted by Crippen LogP contribution is -2.15. The minimum Gasteiger partial charge on any atom is -0.353 e. The van der Waals surface area contributed by atoms with Crippen LogP contribution in [-0.4, -0.2) is 28.0 Å². The van der Waals surface area contributed by atoms with Gasteiger partial charge in [-0.15, -0.1) is 0 Å². The molecule has 1 aromatic heterocycles. The monoisotopic (exact) mass is 211 g/mol. The van der Waals surface area contributed by atoms with Gasteiger partial charge in [0.2, 0.25) is 5.95 Å². The van der Waals surface area contributed by atoms with E-state index in [0.717, 1.165) is 23.9 Å². The Morgan fingerprint density at radius 3 is 2.43 bits per heavy atom. The molecule has 1 unspecified atom stereocenters. The summed E-state index contributed by atoms with van der Waals surface area (Å²) in [6.45, 7) is 7.06. The number of anilines is 1. The summed E-state index contributed by atoms with van der Waals surface area (Å²) in [7, 11) is 0. The second-order valence-electron chi connectivity index (χ2n) is 3.40. The van der Waals surface area contributed by atoms with E-state index < -0.39 is 0 Å². The van der Waals surface area contributed by atoms with Crippen molar-refractivity contribution in [3.05, 3.63) is 17.5 Å². The molecule has 0 aliphatic rings. The molecule has 1 atom stereocenters. The van der Waals surface area contributed by atoms with Gasteiger partial charge in [-0.2, -0.15) is 11.8 Å². The highest BCUT2D eigenvalue weighted by Crippen LogP contribution is 2.07. The topological polar surface area (TPSA) is 37.8 Å². The molecule has 0 aromatic carbocycles. The van der Waals surface area contributed by atoms with Crippen molar-refractivity contribution in [2.45, 2.75) is 26.0 Å². The Hall–Kier alpha value is -0.770. The minimum atomic E-state index is 0.583. The highest BCUT2D eigenvalue weighted by Gasteiger charge is 2.01. The summed E-state index contributed by atoms with van der Waals surface area (Å²) < 4.78 is 0. The van der Waals surface area contributed by atoms with Crippen molar-refractivity contribution in [2.24, 2.45) is 0 Å². The summed E-state index contributed by atoms with van der Waals surface area (Å²) in [5, 5.41) is 3.82. The molecule has 0 aliphatic heterocycles. The van der Waals surface area contributed by atoms with E-state index in [2.05, 4.69) is 28.5 Å². The fourth-order valence-electron chi connectivity index (χ4n) is 1.12. The highest BCUT2D eigenvalue weighted by atomic mass is 32.2. The van der Waals surface area contributed by atoms with Gasteiger partial charge in [-0.05, 0) is 26.2 Å². The van der Waals surface area contributed by atoms with Crippen LogP contribution in [-0.2, 0) is 0 Å². The SMILES string of the molecule is CSC(C)CNc1nc(C)cc(C)n1. The Balaban J connectivity index is 2.58. The van der Waals surface area contributed by atoms with Crippen LogP contribution in [0.25, 0.3) is 0 Å². The third kappa shape index (κ3) is 3.54. The molecule has 0 fully saturated rings. The van der Waals surface area contributed by atoms with Crippen molar-refractivity contribution in [3.63, 3.8) is 0 Å². The second kappa shape index (κ2) is 5.20. The first-order valence-corrected chi connectivity index (χ1v) is 5.99. The van der Waals surface area contributed by atoms with Crippen molar-refractivity contribution < 1.29 is 0 Å². The number of nitrogens with zero attached hydrogens (tertiary/aromatic N) is 2. The molecule has 0 saturated heterocycles. The van der Waals surface area contributed by atoms with Gasteiger partial charge in [-0.1, -0.05) is 6.92 Å². The molecule has 0 amide bonds. The molecule has 3 nitrogen and oxygen atoms in total. The average Bonchev–Trinajstić information content (AvgIpc) is 2.12. The van der Waals surface area contributed by atoms with Gasteiger partial charge in [0.15, 0.2) is 0 Å². The first kappa shape index (κ1) is 11.3. The van der Waals surface area contributed by atoms with Gasteiger partial charge in [0.25, 0.3) is 0 Å². The van der Waals surface area contributed by atoms with E-state index in [9.17, 15) is 0 Å². The smallest absolute Gasteiger partial charge is 0.223 e. The fraction of sp³-hybridized carbons (Fsp3) is 0.600. The van der Waals surface area contributed by atoms with E-state index in [0.29, 0.717) is 5.25 Å². The van der Waals surface area contributed by atoms with Crippen LogP contribution < -0.4 is 5.32 Å². The van der Waals surface area contributed by atoms with Gasteiger partial charge in [-0.3, -0.25) is 0 Å². The molecule has 14 heavy (non-hydrogen) atoms. The summed E-state index contributed by atoms with van der Waals surface area (Å²) in [5.41, 5.74) is 2.02. The molecule has 0 aliphatic carbocycles. The van der Waals surface area contributed by atoms with E-state index in [1.165, 1.54) is 0 Å². The largest absolute Gasteiger partial charge is 0.353 e. The first-order valence-electron chi connectivity index (χ1n) is 4.70. The van der Waals surface area contributed by atoms with Crippen molar-refractivity contribution in [1.82, 2.24) is 9.97 Å². The minimum absolute atomic E-state index is 0.583. The van der Waals surface area contributed by atoms with Crippen LogP contribution in [0, 0.1) is 13.8 Å². The molecule has 1 rings (SSSR count). The number of nitrogens with one attached hydrogen (secondary N) is 1. The lowest BCUT2D eigenvalue weighted by molar-refractivity contribution is 0.954. The maximum absolute atomic E-state index is 4.31. The van der Waals surface area contributed by atoms with Gasteiger partial charge in [0, 0.05) is 23.2 Å². The van der Waals surface area contributed by atoms with Gasteiger partial charge in [0.05, 0.1) is 0 Å². The molecule has 4 heteroatoms. The molecular formula is C10H17N3S. The zero-order chi connectivity index (χ0) is 10.6. The third-order valence-electron chi connectivity index (χ3n) is 1.93. The number of rotatable bonds is 4. The predicted molar refractivity (Wildman–Crippen MR) is 63.0 cm³/mol. The van der Waals surface area contributed by atoms with Crippen LogP contribution in [0.2, 0.25) is 0 Å². The van der Waals surface area contributed by atoms with E-state index in [1.54, 1.807) is 0 Å². The predicted octanol–water partition coefficient (Wildman–Crippen LogP) is 2.26. The number of hydrogen-bond acceptors (Lipinski definition) is 4. The number of aryl methyl sites for hydroxylation is 2. The molecule has 0 saturated carbocycles. The summed E-state index contributed by atoms with van der Waals surface area (Å²) >= 11 is 1.83. The van der Waals surface area contributed by atoms with Crippen molar-refractivity contribution in [2.75, 3.05) is 18.1 Å². The zero-order valence-corrected chi connectivity index (χ0v) is 9.98. The molecule has 78 valence electrons.